The van der Waals surface area contributed by atoms with Crippen molar-refractivity contribution in [2.24, 2.45) is 0 Å². The van der Waals surface area contributed by atoms with E-state index in [0.29, 0.717) is 32.4 Å². The molecule has 0 unspecified atom stereocenters. The van der Waals surface area contributed by atoms with Crippen LogP contribution in [-0.4, -0.2) is 17.6 Å². The van der Waals surface area contributed by atoms with Gasteiger partial charge >= 0.3 is 11.6 Å². The Morgan fingerprint density at radius 3 is 2.88 bits per heavy atom. The Bertz CT molecular complexity index is 1490. The van der Waals surface area contributed by atoms with Crippen LogP contribution in [0.3, 0.4) is 0 Å². The van der Waals surface area contributed by atoms with Gasteiger partial charge in [-0.1, -0.05) is 18.2 Å². The maximum absolute atomic E-state index is 12.4. The number of fused-ring (bicyclic) bond motifs is 1. The first-order valence-electron chi connectivity index (χ1n) is 10.1. The Balaban J connectivity index is 1.65. The molecule has 0 aliphatic heterocycles. The van der Waals surface area contributed by atoms with Crippen LogP contribution in [0, 0.1) is 25.2 Å². The second-order valence-electron chi connectivity index (χ2n) is 7.05. The smallest absolute Gasteiger partial charge is 0.345 e. The second-order valence-corrected chi connectivity index (χ2v) is 9.13. The third-order valence-electron chi connectivity index (χ3n) is 4.98. The Morgan fingerprint density at radius 1 is 1.33 bits per heavy atom. The first kappa shape index (κ1) is 22.5. The molecule has 0 radical (unpaired) electrons. The van der Waals surface area contributed by atoms with Crippen LogP contribution in [0.15, 0.2) is 51.1 Å². The van der Waals surface area contributed by atoms with Crippen molar-refractivity contribution >= 4 is 50.2 Å². The molecular formula is C24H19N3O4S2. The molecule has 3 aromatic heterocycles. The number of esters is 1. The topological polar surface area (TPSA) is 105 Å². The zero-order chi connectivity index (χ0) is 23.5. The fourth-order valence-corrected chi connectivity index (χ4v) is 5.02. The molecule has 0 spiro atoms. The van der Waals surface area contributed by atoms with Gasteiger partial charge in [-0.3, -0.25) is 0 Å². The number of nitrogens with zero attached hydrogens (tertiary/aromatic N) is 2. The number of carbonyl (C=O) groups is 1. The Hall–Kier alpha value is -3.74. The van der Waals surface area contributed by atoms with E-state index in [1.54, 1.807) is 30.5 Å². The summed E-state index contributed by atoms with van der Waals surface area (Å²) in [6.07, 6.45) is 1.51. The number of thiazole rings is 1. The molecule has 0 aliphatic rings. The maximum atomic E-state index is 12.4. The van der Waals surface area contributed by atoms with Gasteiger partial charge in [0.1, 0.15) is 27.2 Å². The lowest BCUT2D eigenvalue weighted by Gasteiger charge is -2.05. The molecule has 33 heavy (non-hydrogen) atoms. The molecule has 0 bridgehead atoms. The van der Waals surface area contributed by atoms with Gasteiger partial charge in [0.2, 0.25) is 0 Å². The van der Waals surface area contributed by atoms with Gasteiger partial charge in [0.15, 0.2) is 0 Å². The van der Waals surface area contributed by atoms with Crippen molar-refractivity contribution in [3.8, 4) is 17.3 Å². The molecule has 7 nitrogen and oxygen atoms in total. The zero-order valence-corrected chi connectivity index (χ0v) is 19.7. The highest BCUT2D eigenvalue weighted by atomic mass is 32.1. The molecule has 1 aromatic carbocycles. The first-order valence-corrected chi connectivity index (χ1v) is 11.8. The van der Waals surface area contributed by atoms with Crippen LogP contribution in [0.5, 0.6) is 0 Å². The van der Waals surface area contributed by atoms with Crippen molar-refractivity contribution in [1.29, 1.82) is 5.26 Å². The van der Waals surface area contributed by atoms with Gasteiger partial charge < -0.3 is 14.5 Å². The summed E-state index contributed by atoms with van der Waals surface area (Å²) in [4.78, 5) is 30.3. The van der Waals surface area contributed by atoms with Crippen LogP contribution in [-0.2, 0) is 4.74 Å². The normalized spacial score (nSPS) is 11.4. The summed E-state index contributed by atoms with van der Waals surface area (Å²) in [5, 5.41) is 16.3. The monoisotopic (exact) mass is 477 g/mol. The summed E-state index contributed by atoms with van der Waals surface area (Å²) in [7, 11) is 0. The number of ether oxygens (including phenoxy) is 1. The predicted molar refractivity (Wildman–Crippen MR) is 131 cm³/mol. The fourth-order valence-electron chi connectivity index (χ4n) is 3.22. The molecule has 4 aromatic rings. The van der Waals surface area contributed by atoms with Gasteiger partial charge in [0.05, 0.1) is 23.4 Å². The number of allylic oxidation sites excluding steroid dienone is 1. The third kappa shape index (κ3) is 4.44. The van der Waals surface area contributed by atoms with Gasteiger partial charge in [0.25, 0.3) is 0 Å². The lowest BCUT2D eigenvalue weighted by atomic mass is 10.1. The van der Waals surface area contributed by atoms with Crippen molar-refractivity contribution in [3.63, 3.8) is 0 Å². The Morgan fingerprint density at radius 2 is 2.12 bits per heavy atom. The van der Waals surface area contributed by atoms with Gasteiger partial charge in [0, 0.05) is 21.8 Å². The molecule has 0 amide bonds. The largest absolute Gasteiger partial charge is 0.462 e. The van der Waals surface area contributed by atoms with Crippen LogP contribution in [0.4, 0.5) is 5.00 Å². The van der Waals surface area contributed by atoms with E-state index < -0.39 is 11.6 Å². The van der Waals surface area contributed by atoms with E-state index in [0.717, 1.165) is 15.8 Å². The number of nitrogens with one attached hydrogen (secondary N) is 1. The minimum absolute atomic E-state index is 0.273. The Kier molecular flexibility index (Phi) is 6.40. The molecule has 166 valence electrons. The number of carbonyl (C=O) groups excluding carboxylic acids is 1. The summed E-state index contributed by atoms with van der Waals surface area (Å²) in [6.45, 7) is 5.81. The molecule has 4 rings (SSSR count). The molecule has 0 atom stereocenters. The number of rotatable bonds is 6. The number of thiophene rings is 1. The van der Waals surface area contributed by atoms with E-state index in [9.17, 15) is 14.9 Å². The van der Waals surface area contributed by atoms with Crippen molar-refractivity contribution in [1.82, 2.24) is 4.98 Å². The Labute approximate surface area is 197 Å². The minimum Gasteiger partial charge on any atom is -0.462 e. The molecule has 0 saturated carbocycles. The van der Waals surface area contributed by atoms with Crippen LogP contribution in [0.1, 0.15) is 32.7 Å². The molecule has 0 aliphatic carbocycles. The van der Waals surface area contributed by atoms with Crippen LogP contribution >= 0.6 is 22.7 Å². The lowest BCUT2D eigenvalue weighted by molar-refractivity contribution is 0.0527. The lowest BCUT2D eigenvalue weighted by Crippen LogP contribution is -2.07. The first-order chi connectivity index (χ1) is 15.9. The van der Waals surface area contributed by atoms with Crippen LogP contribution in [0.25, 0.3) is 27.8 Å². The minimum atomic E-state index is -0.491. The average Bonchev–Trinajstić information content (AvgIpc) is 3.39. The maximum Gasteiger partial charge on any atom is 0.345 e. The van der Waals surface area contributed by atoms with Crippen molar-refractivity contribution in [3.05, 3.63) is 73.3 Å². The van der Waals surface area contributed by atoms with Crippen LogP contribution < -0.4 is 10.9 Å². The van der Waals surface area contributed by atoms with E-state index in [2.05, 4.69) is 16.4 Å². The van der Waals surface area contributed by atoms with Gasteiger partial charge in [-0.05, 0) is 38.5 Å². The molecule has 1 N–H and O–H groups in total. The van der Waals surface area contributed by atoms with E-state index in [1.807, 2.05) is 26.0 Å². The number of benzene rings is 1. The quantitative estimate of drug-likeness (QED) is 0.214. The molecule has 0 fully saturated rings. The van der Waals surface area contributed by atoms with E-state index in [4.69, 9.17) is 9.15 Å². The third-order valence-corrected chi connectivity index (χ3v) is 7.00. The van der Waals surface area contributed by atoms with Gasteiger partial charge in [-0.2, -0.15) is 5.26 Å². The highest BCUT2D eigenvalue weighted by molar-refractivity contribution is 7.16. The van der Waals surface area contributed by atoms with E-state index in [-0.39, 0.29) is 12.2 Å². The molecule has 3 heterocycles. The molecule has 9 heteroatoms. The fraction of sp³-hybridized carbons (Fsp3) is 0.167. The number of anilines is 1. The van der Waals surface area contributed by atoms with Gasteiger partial charge in [-0.15, -0.1) is 22.7 Å². The number of hydrogen-bond acceptors (Lipinski definition) is 9. The van der Waals surface area contributed by atoms with Crippen molar-refractivity contribution in [2.45, 2.75) is 20.8 Å². The highest BCUT2D eigenvalue weighted by Gasteiger charge is 2.20. The summed E-state index contributed by atoms with van der Waals surface area (Å²) in [5.41, 5.74) is 2.35. The average molecular weight is 478 g/mol. The predicted octanol–water partition coefficient (Wildman–Crippen LogP) is 5.75. The standard InChI is InChI=1S/C24H19N3O4S2/c1-4-30-24(29)20-13(2)14(3)33-22(20)26-11-16(10-25)21-27-18(12-32-21)17-9-15-7-5-6-8-19(15)31-23(17)28/h5-9,11-12,26H,4H2,1-3H3/b16-11-. The SMILES string of the molecule is CCOC(=O)c1c(N/C=C(/C#N)c2nc(-c3cc4ccccc4oc3=O)cs2)sc(C)c1C. The zero-order valence-electron chi connectivity index (χ0n) is 18.1. The number of para-hydroxylation sites is 1. The molecule has 0 saturated heterocycles. The summed E-state index contributed by atoms with van der Waals surface area (Å²) >= 11 is 2.65. The van der Waals surface area contributed by atoms with E-state index in [1.165, 1.54) is 28.9 Å². The number of aryl methyl sites for hydroxylation is 1. The summed E-state index contributed by atoms with van der Waals surface area (Å²) in [5.74, 6) is -0.409. The van der Waals surface area contributed by atoms with Crippen molar-refractivity contribution in [2.75, 3.05) is 11.9 Å². The van der Waals surface area contributed by atoms with Crippen LogP contribution in [0.2, 0.25) is 0 Å². The molecular weight excluding hydrogens is 458 g/mol. The number of nitriles is 1. The summed E-state index contributed by atoms with van der Waals surface area (Å²) < 4.78 is 10.6. The van der Waals surface area contributed by atoms with Crippen molar-refractivity contribution < 1.29 is 13.9 Å². The van der Waals surface area contributed by atoms with Gasteiger partial charge in [-0.25, -0.2) is 14.6 Å². The highest BCUT2D eigenvalue weighted by Crippen LogP contribution is 2.34. The number of aromatic nitrogens is 1. The second kappa shape index (κ2) is 9.40. The summed E-state index contributed by atoms with van der Waals surface area (Å²) in [6, 6.07) is 11.1. The number of hydrogen-bond donors (Lipinski definition) is 1. The van der Waals surface area contributed by atoms with E-state index >= 15 is 0 Å².